The number of carbonyl (C=O) groups is 1. The van der Waals surface area contributed by atoms with Crippen molar-refractivity contribution in [3.8, 4) is 5.75 Å². The summed E-state index contributed by atoms with van der Waals surface area (Å²) >= 11 is 5.99. The lowest BCUT2D eigenvalue weighted by Crippen LogP contribution is -2.29. The lowest BCUT2D eigenvalue weighted by atomic mass is 10.3. The summed E-state index contributed by atoms with van der Waals surface area (Å²) in [5.41, 5.74) is 1.84. The van der Waals surface area contributed by atoms with Gasteiger partial charge in [0.25, 0.3) is 0 Å². The number of amides is 1. The molecule has 3 aromatic rings. The molecular formula is C19H20ClN3O3. The average molecular weight is 374 g/mol. The molecule has 0 bridgehead atoms. The number of anilines is 1. The maximum Gasteiger partial charge on any atom is 0.329 e. The zero-order chi connectivity index (χ0) is 18.7. The number of rotatable bonds is 6. The van der Waals surface area contributed by atoms with Crippen LogP contribution >= 0.6 is 11.6 Å². The van der Waals surface area contributed by atoms with Crippen LogP contribution in [0.15, 0.2) is 47.3 Å². The predicted molar refractivity (Wildman–Crippen MR) is 103 cm³/mol. The fraction of sp³-hybridized carbons (Fsp3) is 0.263. The van der Waals surface area contributed by atoms with Gasteiger partial charge in [0, 0.05) is 11.6 Å². The quantitative estimate of drug-likeness (QED) is 0.719. The Hall–Kier alpha value is -2.73. The molecular weight excluding hydrogens is 354 g/mol. The van der Waals surface area contributed by atoms with Gasteiger partial charge >= 0.3 is 5.69 Å². The van der Waals surface area contributed by atoms with Crippen molar-refractivity contribution in [3.63, 3.8) is 0 Å². The van der Waals surface area contributed by atoms with E-state index in [-0.39, 0.29) is 18.1 Å². The average Bonchev–Trinajstić information content (AvgIpc) is 2.88. The van der Waals surface area contributed by atoms with Crippen molar-refractivity contribution in [2.75, 3.05) is 12.4 Å². The summed E-state index contributed by atoms with van der Waals surface area (Å²) in [5, 5.41) is 3.25. The Morgan fingerprint density at radius 3 is 2.50 bits per heavy atom. The Labute approximate surface area is 155 Å². The molecule has 0 saturated heterocycles. The van der Waals surface area contributed by atoms with Gasteiger partial charge in [-0.05, 0) is 36.8 Å². The molecule has 1 aromatic heterocycles. The molecule has 3 rings (SSSR count). The first-order valence-corrected chi connectivity index (χ1v) is 8.74. The first-order chi connectivity index (χ1) is 12.5. The molecule has 0 unspecified atom stereocenters. The molecule has 2 aromatic carbocycles. The standard InChI is InChI=1S/C19H20ClN3O3/c1-3-10-22-15-6-4-5-7-16(15)23(19(22)25)12-18(24)21-14-11-13(20)8-9-17(14)26-2/h4-9,11H,3,10,12H2,1-2H3,(H,21,24). The van der Waals surface area contributed by atoms with Gasteiger partial charge in [0.15, 0.2) is 0 Å². The number of aryl methyl sites for hydroxylation is 1. The van der Waals surface area contributed by atoms with Crippen LogP contribution < -0.4 is 15.7 Å². The van der Waals surface area contributed by atoms with E-state index in [1.54, 1.807) is 22.8 Å². The molecule has 0 fully saturated rings. The third-order valence-electron chi connectivity index (χ3n) is 4.11. The number of fused-ring (bicyclic) bond motifs is 1. The smallest absolute Gasteiger partial charge is 0.329 e. The van der Waals surface area contributed by atoms with E-state index in [0.717, 1.165) is 17.5 Å². The number of hydrogen-bond donors (Lipinski definition) is 1. The number of nitrogens with one attached hydrogen (secondary N) is 1. The summed E-state index contributed by atoms with van der Waals surface area (Å²) in [7, 11) is 1.52. The molecule has 0 aliphatic carbocycles. The highest BCUT2D eigenvalue weighted by atomic mass is 35.5. The van der Waals surface area contributed by atoms with Gasteiger partial charge in [-0.3, -0.25) is 13.9 Å². The number of hydrogen-bond acceptors (Lipinski definition) is 3. The molecule has 0 radical (unpaired) electrons. The summed E-state index contributed by atoms with van der Waals surface area (Å²) < 4.78 is 8.42. The van der Waals surface area contributed by atoms with E-state index in [1.165, 1.54) is 11.7 Å². The molecule has 0 saturated carbocycles. The fourth-order valence-corrected chi connectivity index (χ4v) is 3.15. The van der Waals surface area contributed by atoms with Crippen LogP contribution in [0.5, 0.6) is 5.75 Å². The van der Waals surface area contributed by atoms with Gasteiger partial charge in [-0.2, -0.15) is 0 Å². The Kier molecular flexibility index (Phi) is 5.32. The highest BCUT2D eigenvalue weighted by Gasteiger charge is 2.16. The van der Waals surface area contributed by atoms with Crippen LogP contribution in [0.25, 0.3) is 11.0 Å². The summed E-state index contributed by atoms with van der Waals surface area (Å²) in [4.78, 5) is 25.3. The highest BCUT2D eigenvalue weighted by molar-refractivity contribution is 6.31. The van der Waals surface area contributed by atoms with Crippen molar-refractivity contribution in [1.29, 1.82) is 0 Å². The van der Waals surface area contributed by atoms with Crippen molar-refractivity contribution in [2.24, 2.45) is 0 Å². The number of methoxy groups -OCH3 is 1. The zero-order valence-electron chi connectivity index (χ0n) is 14.7. The summed E-state index contributed by atoms with van der Waals surface area (Å²) in [6.45, 7) is 2.53. The van der Waals surface area contributed by atoms with Crippen molar-refractivity contribution in [3.05, 3.63) is 58.0 Å². The first-order valence-electron chi connectivity index (χ1n) is 8.36. The molecule has 1 N–H and O–H groups in total. The molecule has 0 aliphatic rings. The van der Waals surface area contributed by atoms with Gasteiger partial charge < -0.3 is 10.1 Å². The number of para-hydroxylation sites is 2. The monoisotopic (exact) mass is 373 g/mol. The van der Waals surface area contributed by atoms with Gasteiger partial charge in [0.1, 0.15) is 12.3 Å². The number of ether oxygens (including phenoxy) is 1. The van der Waals surface area contributed by atoms with Gasteiger partial charge in [-0.1, -0.05) is 30.7 Å². The topological polar surface area (TPSA) is 65.3 Å². The van der Waals surface area contributed by atoms with Gasteiger partial charge in [0.2, 0.25) is 5.91 Å². The predicted octanol–water partition coefficient (Wildman–Crippen LogP) is 3.51. The van der Waals surface area contributed by atoms with Gasteiger partial charge in [0.05, 0.1) is 23.8 Å². The van der Waals surface area contributed by atoms with Crippen molar-refractivity contribution < 1.29 is 9.53 Å². The van der Waals surface area contributed by atoms with Crippen molar-refractivity contribution >= 4 is 34.2 Å². The number of carbonyl (C=O) groups excluding carboxylic acids is 1. The Morgan fingerprint density at radius 1 is 1.15 bits per heavy atom. The fourth-order valence-electron chi connectivity index (χ4n) is 2.98. The van der Waals surface area contributed by atoms with Gasteiger partial charge in [-0.15, -0.1) is 0 Å². The SMILES string of the molecule is CCCn1c(=O)n(CC(=O)Nc2cc(Cl)ccc2OC)c2ccccc21. The summed E-state index contributed by atoms with van der Waals surface area (Å²) in [6, 6.07) is 12.4. The molecule has 1 heterocycles. The number of halogens is 1. The molecule has 0 spiro atoms. The molecule has 0 aliphatic heterocycles. The Bertz CT molecular complexity index is 1010. The van der Waals surface area contributed by atoms with E-state index >= 15 is 0 Å². The van der Waals surface area contributed by atoms with E-state index < -0.39 is 0 Å². The highest BCUT2D eigenvalue weighted by Crippen LogP contribution is 2.27. The van der Waals surface area contributed by atoms with Crippen molar-refractivity contribution in [1.82, 2.24) is 9.13 Å². The molecule has 26 heavy (non-hydrogen) atoms. The minimum Gasteiger partial charge on any atom is -0.495 e. The molecule has 1 amide bonds. The second kappa shape index (κ2) is 7.66. The van der Waals surface area contributed by atoms with Crippen LogP contribution in [0.4, 0.5) is 5.69 Å². The Balaban J connectivity index is 1.92. The largest absolute Gasteiger partial charge is 0.495 e. The van der Waals surface area contributed by atoms with Crippen LogP contribution in [0, 0.1) is 0 Å². The number of imidazole rings is 1. The van der Waals surface area contributed by atoms with E-state index in [2.05, 4.69) is 5.32 Å². The maximum absolute atomic E-state index is 12.7. The second-order valence-corrected chi connectivity index (χ2v) is 6.34. The third-order valence-corrected chi connectivity index (χ3v) is 4.34. The van der Waals surface area contributed by atoms with E-state index in [0.29, 0.717) is 23.0 Å². The van der Waals surface area contributed by atoms with Crippen LogP contribution in [0.1, 0.15) is 13.3 Å². The third kappa shape index (κ3) is 3.46. The lowest BCUT2D eigenvalue weighted by molar-refractivity contribution is -0.116. The van der Waals surface area contributed by atoms with E-state index in [4.69, 9.17) is 16.3 Å². The first kappa shape index (κ1) is 18.1. The minimum absolute atomic E-state index is 0.0915. The normalized spacial score (nSPS) is 10.9. The van der Waals surface area contributed by atoms with E-state index in [9.17, 15) is 9.59 Å². The van der Waals surface area contributed by atoms with Crippen LogP contribution in [-0.2, 0) is 17.9 Å². The number of aromatic nitrogens is 2. The zero-order valence-corrected chi connectivity index (χ0v) is 15.4. The van der Waals surface area contributed by atoms with Crippen LogP contribution in [0.3, 0.4) is 0 Å². The molecule has 136 valence electrons. The number of nitrogens with zero attached hydrogens (tertiary/aromatic N) is 2. The maximum atomic E-state index is 12.7. The number of benzene rings is 2. The van der Waals surface area contributed by atoms with Crippen LogP contribution in [0.2, 0.25) is 5.02 Å². The lowest BCUT2D eigenvalue weighted by Gasteiger charge is -2.11. The van der Waals surface area contributed by atoms with Crippen molar-refractivity contribution in [2.45, 2.75) is 26.4 Å². The second-order valence-electron chi connectivity index (χ2n) is 5.90. The van der Waals surface area contributed by atoms with E-state index in [1.807, 2.05) is 31.2 Å². The molecule has 0 atom stereocenters. The van der Waals surface area contributed by atoms with Gasteiger partial charge in [-0.25, -0.2) is 4.79 Å². The van der Waals surface area contributed by atoms with Crippen LogP contribution in [-0.4, -0.2) is 22.2 Å². The summed E-state index contributed by atoms with van der Waals surface area (Å²) in [5.74, 6) is 0.176. The minimum atomic E-state index is -0.327. The summed E-state index contributed by atoms with van der Waals surface area (Å²) in [6.07, 6.45) is 0.833. The molecule has 6 nitrogen and oxygen atoms in total. The molecule has 7 heteroatoms. The Morgan fingerprint density at radius 2 is 1.85 bits per heavy atom.